The minimum atomic E-state index is 0.456. The Morgan fingerprint density at radius 3 is 1.30 bits per heavy atom. The summed E-state index contributed by atoms with van der Waals surface area (Å²) in [6.07, 6.45) is 0. The first kappa shape index (κ1) is 73.4. The van der Waals surface area contributed by atoms with E-state index in [-0.39, 0.29) is 0 Å². The van der Waals surface area contributed by atoms with Crippen LogP contribution < -0.4 is 0 Å². The molecule has 21 aromatic carbocycles. The second-order valence-electron chi connectivity index (χ2n) is 35.4. The maximum Gasteiger partial charge on any atom is 0.166 e. The maximum absolute atomic E-state index is 7.18. The zero-order chi connectivity index (χ0) is 87.9. The molecule has 0 fully saturated rings. The van der Waals surface area contributed by atoms with Gasteiger partial charge in [0.15, 0.2) is 34.9 Å². The summed E-state index contributed by atoms with van der Waals surface area (Å²) in [6, 6.07) is 145. The van der Waals surface area contributed by atoms with Gasteiger partial charge >= 0.3 is 0 Å². The van der Waals surface area contributed by atoms with Crippen molar-refractivity contribution in [1.29, 1.82) is 0 Å². The van der Waals surface area contributed by atoms with E-state index in [1.54, 1.807) is 0 Å². The molecule has 0 saturated heterocycles. The van der Waals surface area contributed by atoms with Crippen LogP contribution in [0, 0.1) is 0 Å². The van der Waals surface area contributed by atoms with Crippen molar-refractivity contribution in [2.75, 3.05) is 0 Å². The maximum atomic E-state index is 7.18. The fourth-order valence-corrected chi connectivity index (χ4v) is 22.1. The van der Waals surface area contributed by atoms with Gasteiger partial charge < -0.3 is 31.4 Å². The molecule has 0 aliphatic carbocycles. The second kappa shape index (κ2) is 28.0. The van der Waals surface area contributed by atoms with Gasteiger partial charge in [-0.25, -0.2) is 29.9 Å². The number of para-hydroxylation sites is 4. The third-order valence-corrected chi connectivity index (χ3v) is 28.1. The number of furan rings is 4. The van der Waals surface area contributed by atoms with Crippen LogP contribution in [0.25, 0.3) is 304 Å². The summed E-state index contributed by atoms with van der Waals surface area (Å²) in [5.41, 5.74) is 22.1. The van der Waals surface area contributed by atoms with Crippen molar-refractivity contribution in [2.45, 2.75) is 0 Å². The van der Waals surface area contributed by atoms with E-state index >= 15 is 0 Å². The third kappa shape index (κ3) is 10.8. The Kier molecular flexibility index (Phi) is 15.3. The van der Waals surface area contributed by atoms with E-state index in [0.29, 0.717) is 40.5 Å². The monoisotopic (exact) mass is 1720 g/mol. The van der Waals surface area contributed by atoms with Gasteiger partial charge in [0.1, 0.15) is 44.7 Å². The highest BCUT2D eigenvalue weighted by atomic mass is 16.3. The molecule has 0 spiro atoms. The molecule has 13 heteroatoms. The molecule has 0 atom stereocenters. The predicted molar refractivity (Wildman–Crippen MR) is 551 cm³/mol. The van der Waals surface area contributed by atoms with E-state index in [9.17, 15) is 0 Å². The Bertz CT molecular complexity index is 10300. The van der Waals surface area contributed by atoms with Crippen LogP contribution in [0.2, 0.25) is 0 Å². The van der Waals surface area contributed by atoms with Crippen molar-refractivity contribution < 1.29 is 17.7 Å². The number of hydrogen-bond donors (Lipinski definition) is 0. The molecular weight excluding hydrogens is 1660 g/mol. The summed E-state index contributed by atoms with van der Waals surface area (Å²) in [5.74, 6) is 3.00. The average Bonchev–Trinajstić information content (AvgIpc) is 1.55. The van der Waals surface area contributed by atoms with Crippen LogP contribution in [0.4, 0.5) is 0 Å². The Hall–Kier alpha value is -18.5. The second-order valence-corrected chi connectivity index (χ2v) is 35.4. The molecular formula is C122H67N9O4. The van der Waals surface area contributed by atoms with Crippen LogP contribution in [-0.4, -0.2) is 43.6 Å². The van der Waals surface area contributed by atoms with E-state index in [2.05, 4.69) is 341 Å². The minimum absolute atomic E-state index is 0.456. The third-order valence-electron chi connectivity index (χ3n) is 28.1. The number of hydrogen-bond acceptors (Lipinski definition) is 10. The lowest BCUT2D eigenvalue weighted by Gasteiger charge is -2.16. The van der Waals surface area contributed by atoms with Crippen LogP contribution in [0.3, 0.4) is 0 Å². The SMILES string of the molecule is c1ccc(-c2nc(-c3cc4oc5c6ccccc6ccc5c4cc3-n3c4cc5ccccc5cc4c4ccc5ccccc5c43)nc(-c3cccc4c3c3ccccc3n4-c3ccc(-c4cccc5cc6c(cc45)c4ccccc4n6-c4cc5c(cc4-c4nc(-c6cccc7oc8ccccc8c67)nc(-c6cccc7oc8ccccc8c67)n4)oc4ccc6ccccc6c45)cc3)n2)cc1. The van der Waals surface area contributed by atoms with Gasteiger partial charge in [-0.1, -0.05) is 291 Å². The molecule has 624 valence electrons. The summed E-state index contributed by atoms with van der Waals surface area (Å²) < 4.78 is 34.7. The molecule has 13 nitrogen and oxygen atoms in total. The molecule has 9 aromatic heterocycles. The van der Waals surface area contributed by atoms with Gasteiger partial charge in [-0.05, 0) is 169 Å². The zero-order valence-corrected chi connectivity index (χ0v) is 71.8. The van der Waals surface area contributed by atoms with Crippen LogP contribution in [-0.2, 0) is 0 Å². The standard InChI is InChI=1S/C122H67N9O4/c1-2-27-72(28-3-1)117-123-118(126-121(124-117)95-66-109-93(83-58-53-70-26-8-11-34-80(70)116(83)135-109)64-103(95)131-101-61-74-30-5-4-29-73(74)60-91(101)82-57-52-69-25-7-10-33-79(69)115(82)131)87-40-21-45-99-111(87)84-36-13-17-44-98(84)129(99)76-55-50-71(51-56-76)77-39-20-31-75-62-100-92(63-90(75)77)81-35-12-16-43-97(81)130(100)102-65-96-110(134-108-59-54-68-24-6-9-32-78(68)112(96)108)67-94(102)122-127-119(88-41-22-48-106-113(88)85-37-14-18-46-104(85)132-106)125-120(128-122)89-42-23-49-107-114(89)86-38-15-19-47-105(86)133-107/h1-67H. The highest BCUT2D eigenvalue weighted by Gasteiger charge is 2.31. The Morgan fingerprint density at radius 1 is 0.170 bits per heavy atom. The first-order valence-corrected chi connectivity index (χ1v) is 45.5. The smallest absolute Gasteiger partial charge is 0.166 e. The first-order chi connectivity index (χ1) is 66.9. The van der Waals surface area contributed by atoms with Crippen LogP contribution in [0.15, 0.2) is 424 Å². The van der Waals surface area contributed by atoms with Crippen molar-refractivity contribution in [1.82, 2.24) is 43.6 Å². The summed E-state index contributed by atoms with van der Waals surface area (Å²) in [7, 11) is 0. The first-order valence-electron chi connectivity index (χ1n) is 45.5. The molecule has 0 amide bonds. The van der Waals surface area contributed by atoms with Crippen molar-refractivity contribution in [3.63, 3.8) is 0 Å². The van der Waals surface area contributed by atoms with Crippen molar-refractivity contribution in [3.8, 4) is 96.5 Å². The van der Waals surface area contributed by atoms with Gasteiger partial charge in [-0.3, -0.25) is 0 Å². The lowest BCUT2D eigenvalue weighted by atomic mass is 9.96. The quantitative estimate of drug-likeness (QED) is 0.130. The van der Waals surface area contributed by atoms with Crippen molar-refractivity contribution in [2.24, 2.45) is 0 Å². The highest BCUT2D eigenvalue weighted by molar-refractivity contribution is 6.26. The molecule has 0 bridgehead atoms. The lowest BCUT2D eigenvalue weighted by Crippen LogP contribution is -2.04. The zero-order valence-electron chi connectivity index (χ0n) is 71.8. The highest BCUT2D eigenvalue weighted by Crippen LogP contribution is 2.51. The number of benzene rings is 21. The normalized spacial score (nSPS) is 12.3. The summed E-state index contributed by atoms with van der Waals surface area (Å²) in [4.78, 5) is 33.9. The molecule has 9 heterocycles. The number of nitrogens with zero attached hydrogens (tertiary/aromatic N) is 9. The summed E-state index contributed by atoms with van der Waals surface area (Å²) >= 11 is 0. The Morgan fingerprint density at radius 2 is 0.615 bits per heavy atom. The lowest BCUT2D eigenvalue weighted by molar-refractivity contribution is 0.668. The molecule has 0 N–H and O–H groups in total. The van der Waals surface area contributed by atoms with Gasteiger partial charge in [-0.2, -0.15) is 0 Å². The molecule has 0 aliphatic rings. The van der Waals surface area contributed by atoms with E-state index in [0.717, 1.165) is 258 Å². The fourth-order valence-electron chi connectivity index (χ4n) is 22.1. The number of fused-ring (bicyclic) bond motifs is 29. The topological polar surface area (TPSA) is 145 Å². The predicted octanol–water partition coefficient (Wildman–Crippen LogP) is 32.4. The van der Waals surface area contributed by atoms with Crippen LogP contribution in [0.1, 0.15) is 0 Å². The molecule has 30 rings (SSSR count). The molecule has 0 aliphatic heterocycles. The number of aromatic nitrogens is 9. The van der Waals surface area contributed by atoms with E-state index in [1.807, 2.05) is 78.9 Å². The van der Waals surface area contributed by atoms with Crippen molar-refractivity contribution >= 4 is 207 Å². The molecule has 0 radical (unpaired) electrons. The van der Waals surface area contributed by atoms with Gasteiger partial charge in [0, 0.05) is 125 Å². The van der Waals surface area contributed by atoms with Gasteiger partial charge in [0.05, 0.1) is 44.5 Å². The van der Waals surface area contributed by atoms with E-state index < -0.39 is 0 Å². The summed E-state index contributed by atoms with van der Waals surface area (Å²) in [6.45, 7) is 0. The average molecular weight is 1720 g/mol. The fraction of sp³-hybridized carbons (Fsp3) is 0. The van der Waals surface area contributed by atoms with Crippen LogP contribution in [0.5, 0.6) is 0 Å². The summed E-state index contributed by atoms with van der Waals surface area (Å²) in [5, 5.41) is 25.4. The van der Waals surface area contributed by atoms with E-state index in [4.69, 9.17) is 47.6 Å². The molecule has 135 heavy (non-hydrogen) atoms. The molecule has 30 aromatic rings. The van der Waals surface area contributed by atoms with Gasteiger partial charge in [-0.15, -0.1) is 0 Å². The van der Waals surface area contributed by atoms with Crippen molar-refractivity contribution in [3.05, 3.63) is 406 Å². The van der Waals surface area contributed by atoms with Crippen LogP contribution >= 0.6 is 0 Å². The van der Waals surface area contributed by atoms with E-state index in [1.165, 1.54) is 5.39 Å². The Balaban J connectivity index is 0.590. The van der Waals surface area contributed by atoms with Gasteiger partial charge in [0.25, 0.3) is 0 Å². The van der Waals surface area contributed by atoms with Gasteiger partial charge in [0.2, 0.25) is 0 Å². The Labute approximate surface area is 766 Å². The molecule has 0 unspecified atom stereocenters. The molecule has 0 saturated carbocycles. The number of rotatable bonds is 10. The largest absolute Gasteiger partial charge is 0.456 e. The minimum Gasteiger partial charge on any atom is -0.456 e.